The van der Waals surface area contributed by atoms with Crippen LogP contribution in [0.3, 0.4) is 0 Å². The van der Waals surface area contributed by atoms with Gasteiger partial charge in [0.2, 0.25) is 10.0 Å². The first-order chi connectivity index (χ1) is 8.33. The molecule has 0 saturated heterocycles. The zero-order valence-corrected chi connectivity index (χ0v) is 11.5. The van der Waals surface area contributed by atoms with E-state index in [0.29, 0.717) is 12.2 Å². The lowest BCUT2D eigenvalue weighted by Gasteiger charge is -2.07. The van der Waals surface area contributed by atoms with E-state index in [-0.39, 0.29) is 17.1 Å². The number of hydrogen-bond donors (Lipinski definition) is 2. The molecule has 1 aromatic carbocycles. The fourth-order valence-corrected chi connectivity index (χ4v) is 2.88. The Balaban J connectivity index is 2.68. The third-order valence-corrected chi connectivity index (χ3v) is 4.51. The average molecular weight is 294 g/mol. The quantitative estimate of drug-likeness (QED) is 0.589. The topological polar surface area (TPSA) is 89.3 Å². The number of hydrogen-bond acceptors (Lipinski definition) is 4. The van der Waals surface area contributed by atoms with Crippen molar-refractivity contribution in [2.75, 3.05) is 24.3 Å². The average Bonchev–Trinajstić information content (AvgIpc) is 2.28. The van der Waals surface area contributed by atoms with Crippen LogP contribution < -0.4 is 10.5 Å². The van der Waals surface area contributed by atoms with Gasteiger partial charge in [0, 0.05) is 29.4 Å². The number of halogens is 1. The van der Waals surface area contributed by atoms with Gasteiger partial charge in [-0.2, -0.15) is 0 Å². The van der Waals surface area contributed by atoms with Gasteiger partial charge in [-0.15, -0.1) is 0 Å². The molecule has 3 N–H and O–H groups in total. The number of nitrogen functional groups attached to an aromatic ring is 1. The molecule has 102 valence electrons. The third kappa shape index (κ3) is 4.35. The molecule has 1 unspecified atom stereocenters. The summed E-state index contributed by atoms with van der Waals surface area (Å²) in [4.78, 5) is -0.174. The van der Waals surface area contributed by atoms with Gasteiger partial charge in [-0.25, -0.2) is 17.5 Å². The zero-order valence-electron chi connectivity index (χ0n) is 9.85. The summed E-state index contributed by atoms with van der Waals surface area (Å²) < 4.78 is 49.7. The predicted octanol–water partition coefficient (Wildman–Crippen LogP) is 0.455. The second kappa shape index (κ2) is 6.26. The zero-order chi connectivity index (χ0) is 13.8. The van der Waals surface area contributed by atoms with Gasteiger partial charge in [0.15, 0.2) is 0 Å². The highest BCUT2D eigenvalue weighted by atomic mass is 32.2. The molecule has 0 saturated carbocycles. The van der Waals surface area contributed by atoms with Gasteiger partial charge < -0.3 is 5.73 Å². The molecule has 8 heteroatoms. The number of nitrogens with one attached hydrogen (secondary N) is 1. The second-order valence-corrected chi connectivity index (χ2v) is 7.03. The van der Waals surface area contributed by atoms with E-state index in [4.69, 9.17) is 5.73 Å². The fraction of sp³-hybridized carbons (Fsp3) is 0.400. The lowest BCUT2D eigenvalue weighted by molar-refractivity contribution is 0.577. The molecule has 0 aliphatic rings. The summed E-state index contributed by atoms with van der Waals surface area (Å²) in [6.45, 7) is 0.161. The molecule has 1 rings (SSSR count). The minimum atomic E-state index is -3.74. The van der Waals surface area contributed by atoms with E-state index in [0.717, 1.165) is 6.07 Å². The number of rotatable bonds is 6. The Bertz CT molecular complexity index is 546. The molecule has 0 spiro atoms. The Morgan fingerprint density at radius 1 is 1.44 bits per heavy atom. The molecule has 1 atom stereocenters. The summed E-state index contributed by atoms with van der Waals surface area (Å²) in [5, 5.41) is 0. The van der Waals surface area contributed by atoms with Crippen LogP contribution in [0.15, 0.2) is 23.1 Å². The maximum absolute atomic E-state index is 13.1. The Kier molecular flexibility index (Phi) is 5.24. The molecule has 0 aliphatic carbocycles. The summed E-state index contributed by atoms with van der Waals surface area (Å²) in [6, 6.07) is 3.30. The van der Waals surface area contributed by atoms with Crippen LogP contribution in [0.25, 0.3) is 0 Å². The molecule has 18 heavy (non-hydrogen) atoms. The highest BCUT2D eigenvalue weighted by Crippen LogP contribution is 2.15. The van der Waals surface area contributed by atoms with Gasteiger partial charge in [-0.3, -0.25) is 4.21 Å². The molecule has 1 aromatic rings. The van der Waals surface area contributed by atoms with Gasteiger partial charge in [0.1, 0.15) is 5.82 Å². The Labute approximate surface area is 108 Å². The van der Waals surface area contributed by atoms with Crippen LogP contribution in [0.2, 0.25) is 0 Å². The van der Waals surface area contributed by atoms with Crippen LogP contribution in [0.4, 0.5) is 10.1 Å². The minimum Gasteiger partial charge on any atom is -0.396 e. The summed E-state index contributed by atoms with van der Waals surface area (Å²) in [5.74, 6) is -0.356. The van der Waals surface area contributed by atoms with Crippen molar-refractivity contribution in [2.45, 2.75) is 11.3 Å². The first kappa shape index (κ1) is 15.1. The molecule has 0 aliphatic heterocycles. The first-order valence-corrected chi connectivity index (χ1v) is 8.38. The van der Waals surface area contributed by atoms with Crippen LogP contribution >= 0.6 is 0 Å². The molecular weight excluding hydrogens is 279 g/mol. The number of benzene rings is 1. The molecule has 0 aromatic heterocycles. The third-order valence-electron chi connectivity index (χ3n) is 2.18. The lowest BCUT2D eigenvalue weighted by atomic mass is 10.3. The highest BCUT2D eigenvalue weighted by Gasteiger charge is 2.14. The minimum absolute atomic E-state index is 0.102. The van der Waals surface area contributed by atoms with Crippen molar-refractivity contribution >= 4 is 26.5 Å². The van der Waals surface area contributed by atoms with Crippen LogP contribution in [-0.4, -0.2) is 31.2 Å². The maximum atomic E-state index is 13.1. The largest absolute Gasteiger partial charge is 0.396 e. The van der Waals surface area contributed by atoms with Crippen molar-refractivity contribution in [2.24, 2.45) is 0 Å². The van der Waals surface area contributed by atoms with Crippen molar-refractivity contribution in [1.29, 1.82) is 0 Å². The standard InChI is InChI=1S/C10H15FN2O3S2/c1-17(14)6-2-5-13-18(15,16)8-3-4-10(12)9(11)7-8/h3-4,7,13H,2,5-6,12H2,1H3. The van der Waals surface area contributed by atoms with Crippen LogP contribution in [0.5, 0.6) is 0 Å². The summed E-state index contributed by atoms with van der Waals surface area (Å²) >= 11 is 0. The molecule has 0 heterocycles. The molecular formula is C10H15FN2O3S2. The van der Waals surface area contributed by atoms with Crippen LogP contribution in [-0.2, 0) is 20.8 Å². The van der Waals surface area contributed by atoms with Gasteiger partial charge >= 0.3 is 0 Å². The Hall–Kier alpha value is -0.990. The molecule has 0 bridgehead atoms. The van der Waals surface area contributed by atoms with E-state index in [9.17, 15) is 17.0 Å². The van der Waals surface area contributed by atoms with Crippen molar-refractivity contribution in [3.8, 4) is 0 Å². The molecule has 0 amide bonds. The van der Waals surface area contributed by atoms with Crippen molar-refractivity contribution in [3.05, 3.63) is 24.0 Å². The maximum Gasteiger partial charge on any atom is 0.240 e. The molecule has 0 radical (unpaired) electrons. The second-order valence-electron chi connectivity index (χ2n) is 3.71. The lowest BCUT2D eigenvalue weighted by Crippen LogP contribution is -2.25. The van der Waals surface area contributed by atoms with E-state index in [2.05, 4.69) is 4.72 Å². The van der Waals surface area contributed by atoms with E-state index in [1.165, 1.54) is 12.1 Å². The van der Waals surface area contributed by atoms with E-state index < -0.39 is 26.6 Å². The van der Waals surface area contributed by atoms with E-state index in [1.54, 1.807) is 6.26 Å². The Morgan fingerprint density at radius 2 is 2.11 bits per heavy atom. The molecule has 0 fully saturated rings. The van der Waals surface area contributed by atoms with Gasteiger partial charge in [-0.1, -0.05) is 0 Å². The van der Waals surface area contributed by atoms with E-state index >= 15 is 0 Å². The number of sulfonamides is 1. The summed E-state index contributed by atoms with van der Waals surface area (Å²) in [5.41, 5.74) is 5.16. The normalized spacial score (nSPS) is 13.4. The van der Waals surface area contributed by atoms with Crippen LogP contribution in [0.1, 0.15) is 6.42 Å². The smallest absolute Gasteiger partial charge is 0.240 e. The number of anilines is 1. The Morgan fingerprint density at radius 3 is 2.67 bits per heavy atom. The summed E-state index contributed by atoms with van der Waals surface area (Å²) in [7, 11) is -4.70. The van der Waals surface area contributed by atoms with Crippen molar-refractivity contribution in [1.82, 2.24) is 4.72 Å². The van der Waals surface area contributed by atoms with Crippen LogP contribution in [0, 0.1) is 5.82 Å². The first-order valence-electron chi connectivity index (χ1n) is 5.17. The number of nitrogens with two attached hydrogens (primary N) is 1. The monoisotopic (exact) mass is 294 g/mol. The van der Waals surface area contributed by atoms with Gasteiger partial charge in [0.25, 0.3) is 0 Å². The van der Waals surface area contributed by atoms with Crippen molar-refractivity contribution < 1.29 is 17.0 Å². The van der Waals surface area contributed by atoms with Gasteiger partial charge in [-0.05, 0) is 24.6 Å². The predicted molar refractivity (Wildman–Crippen MR) is 69.6 cm³/mol. The SMILES string of the molecule is CS(=O)CCCNS(=O)(=O)c1ccc(N)c(F)c1. The summed E-state index contributed by atoms with van der Waals surface area (Å²) in [6.07, 6.45) is 2.00. The highest BCUT2D eigenvalue weighted by molar-refractivity contribution is 7.89. The van der Waals surface area contributed by atoms with E-state index in [1.807, 2.05) is 0 Å². The van der Waals surface area contributed by atoms with Crippen molar-refractivity contribution in [3.63, 3.8) is 0 Å². The van der Waals surface area contributed by atoms with Gasteiger partial charge in [0.05, 0.1) is 10.6 Å². The molecule has 5 nitrogen and oxygen atoms in total. The fourth-order valence-electron chi connectivity index (χ4n) is 1.24.